The van der Waals surface area contributed by atoms with Gasteiger partial charge < -0.3 is 14.4 Å². The summed E-state index contributed by atoms with van der Waals surface area (Å²) in [5.74, 6) is -0.670. The molecule has 1 atom stereocenters. The molecule has 2 heterocycles. The van der Waals surface area contributed by atoms with Crippen molar-refractivity contribution in [2.75, 3.05) is 42.6 Å². The second-order valence-corrected chi connectivity index (χ2v) is 8.80. The summed E-state index contributed by atoms with van der Waals surface area (Å²) in [4.78, 5) is 27.1. The predicted octanol–water partition coefficient (Wildman–Crippen LogP) is 1.49. The maximum atomic E-state index is 13.0. The molecule has 9 nitrogen and oxygen atoms in total. The van der Waals surface area contributed by atoms with Gasteiger partial charge in [-0.1, -0.05) is 0 Å². The lowest BCUT2D eigenvalue weighted by Crippen LogP contribution is -2.41. The number of carbonyl (C=O) groups excluding carboxylic acids is 2. The number of amides is 2. The monoisotopic (exact) mass is 449 g/mol. The first-order chi connectivity index (χ1) is 14.8. The fourth-order valence-corrected chi connectivity index (χ4v) is 4.41. The number of anilines is 2. The van der Waals surface area contributed by atoms with E-state index >= 15 is 0 Å². The fourth-order valence-electron chi connectivity index (χ4n) is 3.34. The Morgan fingerprint density at radius 1 is 1.00 bits per heavy atom. The van der Waals surface area contributed by atoms with E-state index in [1.54, 1.807) is 29.2 Å². The smallest absolute Gasteiger partial charge is 0.414 e. The zero-order valence-corrected chi connectivity index (χ0v) is 17.2. The van der Waals surface area contributed by atoms with Crippen molar-refractivity contribution in [2.24, 2.45) is 0 Å². The van der Waals surface area contributed by atoms with Gasteiger partial charge in [0.15, 0.2) is 0 Å². The lowest BCUT2D eigenvalue weighted by Gasteiger charge is -2.27. The van der Waals surface area contributed by atoms with E-state index in [2.05, 4.69) is 4.72 Å². The van der Waals surface area contributed by atoms with Crippen LogP contribution in [0.15, 0.2) is 53.4 Å². The zero-order valence-electron chi connectivity index (χ0n) is 16.4. The van der Waals surface area contributed by atoms with Crippen molar-refractivity contribution in [3.63, 3.8) is 0 Å². The van der Waals surface area contributed by atoms with Crippen LogP contribution in [0.3, 0.4) is 0 Å². The summed E-state index contributed by atoms with van der Waals surface area (Å²) < 4.78 is 50.4. The summed E-state index contributed by atoms with van der Waals surface area (Å²) in [7, 11) is -3.86. The Balaban J connectivity index is 1.38. The summed E-state index contributed by atoms with van der Waals surface area (Å²) in [6.45, 7) is 0.986. The van der Waals surface area contributed by atoms with E-state index in [1.165, 1.54) is 4.90 Å². The third-order valence-electron chi connectivity index (χ3n) is 4.96. The number of rotatable bonds is 6. The molecule has 11 heteroatoms. The molecule has 2 aliphatic rings. The Bertz CT molecular complexity index is 1080. The zero-order chi connectivity index (χ0) is 22.0. The van der Waals surface area contributed by atoms with E-state index < -0.39 is 28.0 Å². The molecule has 31 heavy (non-hydrogen) atoms. The molecule has 164 valence electrons. The first-order valence-corrected chi connectivity index (χ1v) is 11.0. The van der Waals surface area contributed by atoms with Gasteiger partial charge in [-0.25, -0.2) is 22.3 Å². The number of ether oxygens (including phenoxy) is 2. The largest absolute Gasteiger partial charge is 0.443 e. The van der Waals surface area contributed by atoms with Crippen LogP contribution in [0.25, 0.3) is 0 Å². The minimum Gasteiger partial charge on any atom is -0.443 e. The summed E-state index contributed by atoms with van der Waals surface area (Å²) in [6.07, 6.45) is -1.29. The standard InChI is InChI=1S/C20H20FN3O6S/c21-14-1-7-18(8-2-14)31(27,28)22-11-17-12-24(20(26)30-17)16-5-3-15(4-6-16)23-9-10-29-13-19(23)25/h1-8,17,22H,9-13H2/t17-/m0/s1. The highest BCUT2D eigenvalue weighted by atomic mass is 32.2. The van der Waals surface area contributed by atoms with Crippen LogP contribution in [0.5, 0.6) is 0 Å². The number of nitrogens with zero attached hydrogens (tertiary/aromatic N) is 2. The maximum absolute atomic E-state index is 13.0. The number of sulfonamides is 1. The van der Waals surface area contributed by atoms with Gasteiger partial charge >= 0.3 is 6.09 Å². The highest BCUT2D eigenvalue weighted by Gasteiger charge is 2.33. The molecule has 2 amide bonds. The van der Waals surface area contributed by atoms with Crippen LogP contribution in [0.1, 0.15) is 0 Å². The second-order valence-electron chi connectivity index (χ2n) is 7.04. The minimum atomic E-state index is -3.86. The Hall–Kier alpha value is -3.02. The molecule has 2 aromatic carbocycles. The van der Waals surface area contributed by atoms with Crippen molar-refractivity contribution in [3.8, 4) is 0 Å². The second kappa shape index (κ2) is 8.61. The van der Waals surface area contributed by atoms with Crippen molar-refractivity contribution in [3.05, 3.63) is 54.3 Å². The Labute approximate surface area is 178 Å². The van der Waals surface area contributed by atoms with Gasteiger partial charge in [-0.15, -0.1) is 0 Å². The van der Waals surface area contributed by atoms with Crippen LogP contribution in [0.2, 0.25) is 0 Å². The molecular weight excluding hydrogens is 429 g/mol. The van der Waals surface area contributed by atoms with Gasteiger partial charge in [0.2, 0.25) is 10.0 Å². The molecule has 0 aliphatic carbocycles. The number of morpholine rings is 1. The van der Waals surface area contributed by atoms with Gasteiger partial charge in [-0.05, 0) is 48.5 Å². The van der Waals surface area contributed by atoms with Gasteiger partial charge in [0.25, 0.3) is 5.91 Å². The quantitative estimate of drug-likeness (QED) is 0.717. The number of nitrogens with one attached hydrogen (secondary N) is 1. The summed E-state index contributed by atoms with van der Waals surface area (Å²) in [5, 5.41) is 0. The highest BCUT2D eigenvalue weighted by molar-refractivity contribution is 7.89. The van der Waals surface area contributed by atoms with Crippen molar-refractivity contribution in [2.45, 2.75) is 11.0 Å². The predicted molar refractivity (Wildman–Crippen MR) is 109 cm³/mol. The van der Waals surface area contributed by atoms with Crippen LogP contribution in [-0.4, -0.2) is 59.4 Å². The van der Waals surface area contributed by atoms with Crippen molar-refractivity contribution < 1.29 is 31.9 Å². The van der Waals surface area contributed by atoms with Gasteiger partial charge in [0.05, 0.1) is 18.0 Å². The van der Waals surface area contributed by atoms with Crippen LogP contribution in [0.4, 0.5) is 20.6 Å². The molecule has 0 radical (unpaired) electrons. The van der Waals surface area contributed by atoms with Crippen LogP contribution in [-0.2, 0) is 24.3 Å². The molecule has 0 spiro atoms. The Kier molecular flexibility index (Phi) is 5.90. The maximum Gasteiger partial charge on any atom is 0.414 e. The molecule has 1 N–H and O–H groups in total. The highest BCUT2D eigenvalue weighted by Crippen LogP contribution is 2.25. The van der Waals surface area contributed by atoms with Crippen molar-refractivity contribution in [1.29, 1.82) is 0 Å². The topological polar surface area (TPSA) is 105 Å². The van der Waals surface area contributed by atoms with E-state index in [4.69, 9.17) is 9.47 Å². The number of hydrogen-bond acceptors (Lipinski definition) is 6. The summed E-state index contributed by atoms with van der Waals surface area (Å²) >= 11 is 0. The van der Waals surface area contributed by atoms with E-state index in [0.29, 0.717) is 24.5 Å². The molecule has 4 rings (SSSR count). The number of halogens is 1. The van der Waals surface area contributed by atoms with Crippen molar-refractivity contribution >= 4 is 33.4 Å². The molecule has 0 bridgehead atoms. The summed E-state index contributed by atoms with van der Waals surface area (Å²) in [6, 6.07) is 11.3. The average molecular weight is 449 g/mol. The molecule has 0 saturated carbocycles. The number of carbonyl (C=O) groups is 2. The molecule has 2 saturated heterocycles. The number of cyclic esters (lactones) is 1. The third-order valence-corrected chi connectivity index (χ3v) is 6.40. The molecule has 2 aromatic rings. The average Bonchev–Trinajstić information content (AvgIpc) is 3.14. The lowest BCUT2D eigenvalue weighted by molar-refractivity contribution is -0.125. The third kappa shape index (κ3) is 4.68. The SMILES string of the molecule is O=C1COCCN1c1ccc(N2C[C@H](CNS(=O)(=O)c3ccc(F)cc3)OC2=O)cc1. The van der Waals surface area contributed by atoms with Gasteiger partial charge in [0, 0.05) is 24.5 Å². The number of hydrogen-bond donors (Lipinski definition) is 1. The Morgan fingerprint density at radius 3 is 2.29 bits per heavy atom. The van der Waals surface area contributed by atoms with Gasteiger partial charge in [0.1, 0.15) is 18.5 Å². The fraction of sp³-hybridized carbons (Fsp3) is 0.300. The normalized spacial score (nSPS) is 19.6. The first-order valence-electron chi connectivity index (χ1n) is 9.55. The van der Waals surface area contributed by atoms with E-state index in [1.807, 2.05) is 0 Å². The van der Waals surface area contributed by atoms with E-state index in [-0.39, 0.29) is 30.5 Å². The van der Waals surface area contributed by atoms with Crippen LogP contribution < -0.4 is 14.5 Å². The lowest BCUT2D eigenvalue weighted by atomic mass is 10.2. The Morgan fingerprint density at radius 2 is 1.65 bits per heavy atom. The minimum absolute atomic E-state index is 0.0374. The van der Waals surface area contributed by atoms with E-state index in [9.17, 15) is 22.4 Å². The van der Waals surface area contributed by atoms with Crippen LogP contribution in [0, 0.1) is 5.82 Å². The van der Waals surface area contributed by atoms with Crippen LogP contribution >= 0.6 is 0 Å². The first kappa shape index (κ1) is 21.2. The molecule has 2 aliphatic heterocycles. The molecule has 0 aromatic heterocycles. The molecule has 0 unspecified atom stereocenters. The van der Waals surface area contributed by atoms with E-state index in [0.717, 1.165) is 24.3 Å². The molecule has 2 fully saturated rings. The molecular formula is C20H20FN3O6S. The van der Waals surface area contributed by atoms with Crippen molar-refractivity contribution in [1.82, 2.24) is 4.72 Å². The summed E-state index contributed by atoms with van der Waals surface area (Å²) in [5.41, 5.74) is 1.27. The van der Waals surface area contributed by atoms with Gasteiger partial charge in [-0.2, -0.15) is 0 Å². The van der Waals surface area contributed by atoms with Gasteiger partial charge in [-0.3, -0.25) is 9.69 Å². The number of benzene rings is 2.